The third-order valence-corrected chi connectivity index (χ3v) is 14.2. The first-order valence-corrected chi connectivity index (χ1v) is 21.3. The van der Waals surface area contributed by atoms with Crippen molar-refractivity contribution in [1.29, 1.82) is 0 Å². The van der Waals surface area contributed by atoms with E-state index in [9.17, 15) is 4.79 Å². The third kappa shape index (κ3) is 10.6. The van der Waals surface area contributed by atoms with Gasteiger partial charge in [0.05, 0.1) is 52.8 Å². The number of benzene rings is 5. The molecule has 0 fully saturated rings. The van der Waals surface area contributed by atoms with Crippen LogP contribution >= 0.6 is 7.05 Å². The largest absolute Gasteiger partial charge is 0.497 e. The van der Waals surface area contributed by atoms with Crippen molar-refractivity contribution >= 4 is 28.8 Å². The van der Waals surface area contributed by atoms with Crippen molar-refractivity contribution in [3.05, 3.63) is 157 Å². The normalized spacial score (nSPS) is 12.9. The molecule has 300 valence electrons. The summed E-state index contributed by atoms with van der Waals surface area (Å²) in [6.45, 7) is 17.8. The number of nitrogens with zero attached hydrogens (tertiary/aromatic N) is 1. The predicted molar refractivity (Wildman–Crippen MR) is 238 cm³/mol. The van der Waals surface area contributed by atoms with Gasteiger partial charge in [0.25, 0.3) is 0 Å². The zero-order chi connectivity index (χ0) is 41.2. The van der Waals surface area contributed by atoms with Crippen LogP contribution in [0, 0.1) is 10.8 Å². The molecule has 0 spiro atoms. The van der Waals surface area contributed by atoms with Gasteiger partial charge in [0.2, 0.25) is 0 Å². The second kappa shape index (κ2) is 18.8. The van der Waals surface area contributed by atoms with Gasteiger partial charge in [0, 0.05) is 28.3 Å². The highest BCUT2D eigenvalue weighted by molar-refractivity contribution is 7.87. The van der Waals surface area contributed by atoms with Gasteiger partial charge < -0.3 is 24.8 Å². The molecule has 8 heteroatoms. The van der Waals surface area contributed by atoms with Gasteiger partial charge in [-0.1, -0.05) is 109 Å². The minimum atomic E-state index is -2.64. The number of nitrogens with one attached hydrogen (secondary N) is 2. The second-order valence-corrected chi connectivity index (χ2v) is 19.7. The highest BCUT2D eigenvalue weighted by Gasteiger charge is 2.35. The quantitative estimate of drug-likeness (QED) is 0.0915. The van der Waals surface area contributed by atoms with Crippen LogP contribution in [0.1, 0.15) is 65.0 Å². The molecule has 0 amide bonds. The Kier molecular flexibility index (Phi) is 14.1. The number of carbonyl (C=O) groups excluding carboxylic acids is 1. The lowest BCUT2D eigenvalue weighted by Gasteiger charge is -2.37. The van der Waals surface area contributed by atoms with Gasteiger partial charge in [0.1, 0.15) is 17.2 Å². The lowest BCUT2D eigenvalue weighted by Crippen LogP contribution is -2.52. The summed E-state index contributed by atoms with van der Waals surface area (Å²) in [7, 11) is 2.39. The zero-order valence-corrected chi connectivity index (χ0v) is 36.0. The van der Waals surface area contributed by atoms with E-state index >= 15 is 0 Å². The summed E-state index contributed by atoms with van der Waals surface area (Å²) in [5.41, 5.74) is 1.61. The molecule has 0 saturated carbocycles. The third-order valence-electron chi connectivity index (χ3n) is 10.5. The summed E-state index contributed by atoms with van der Waals surface area (Å²) < 4.78 is 22.5. The van der Waals surface area contributed by atoms with Gasteiger partial charge in [-0.25, -0.2) is 0 Å². The van der Waals surface area contributed by atoms with Crippen LogP contribution in [-0.4, -0.2) is 45.7 Å². The van der Waals surface area contributed by atoms with E-state index in [1.165, 1.54) is 0 Å². The van der Waals surface area contributed by atoms with Gasteiger partial charge in [-0.3, -0.25) is 9.54 Å². The number of hydrogen-bond donors (Lipinski definition) is 2. The van der Waals surface area contributed by atoms with E-state index in [0.29, 0.717) is 18.8 Å². The summed E-state index contributed by atoms with van der Waals surface area (Å²) in [5, 5.41) is 10.6. The van der Waals surface area contributed by atoms with E-state index in [1.54, 1.807) is 21.3 Å². The van der Waals surface area contributed by atoms with Crippen molar-refractivity contribution in [3.8, 4) is 17.2 Å². The SMILES string of the molecule is C=C(N[C@@H](CN=P(c1ccc(OC)cc1)(c1ccc(OC)cc1)c1ccc(OC)cc1)C(C)(C)C)N[C@H](C(=O)CC(c1ccccc1)c1ccccc1)C(C)(C)C. The van der Waals surface area contributed by atoms with Crippen LogP contribution in [0.15, 0.2) is 151 Å². The van der Waals surface area contributed by atoms with E-state index in [1.807, 2.05) is 72.8 Å². The molecular formula is C49H60N3O4P. The zero-order valence-electron chi connectivity index (χ0n) is 35.1. The highest BCUT2D eigenvalue weighted by atomic mass is 31.2. The highest BCUT2D eigenvalue weighted by Crippen LogP contribution is 2.48. The fourth-order valence-electron chi connectivity index (χ4n) is 7.15. The number of ether oxygens (including phenoxy) is 3. The molecule has 0 bridgehead atoms. The van der Waals surface area contributed by atoms with E-state index < -0.39 is 13.1 Å². The fourth-order valence-corrected chi connectivity index (χ4v) is 10.7. The molecule has 0 heterocycles. The van der Waals surface area contributed by atoms with E-state index in [4.69, 9.17) is 19.0 Å². The van der Waals surface area contributed by atoms with Crippen LogP contribution in [0.4, 0.5) is 0 Å². The molecule has 2 atom stereocenters. The van der Waals surface area contributed by atoms with Gasteiger partial charge in [0.15, 0.2) is 5.78 Å². The van der Waals surface area contributed by atoms with Crippen molar-refractivity contribution in [2.75, 3.05) is 27.9 Å². The smallest absolute Gasteiger partial charge is 0.156 e. The van der Waals surface area contributed by atoms with Gasteiger partial charge >= 0.3 is 0 Å². The molecule has 57 heavy (non-hydrogen) atoms. The van der Waals surface area contributed by atoms with Crippen molar-refractivity contribution in [2.24, 2.45) is 15.6 Å². The number of Topliss-reactive ketones (excluding diaryl/α,β-unsaturated/α-hetero) is 1. The summed E-state index contributed by atoms with van der Waals surface area (Å²) in [6, 6.07) is 44.7. The van der Waals surface area contributed by atoms with Gasteiger partial charge in [-0.05, 0) is 94.8 Å². The van der Waals surface area contributed by atoms with E-state index in [2.05, 4.69) is 119 Å². The monoisotopic (exact) mass is 785 g/mol. The fraction of sp³-hybridized carbons (Fsp3) is 0.327. The molecule has 5 aromatic rings. The first-order valence-electron chi connectivity index (χ1n) is 19.6. The summed E-state index contributed by atoms with van der Waals surface area (Å²) in [4.78, 5) is 14.5. The number of methoxy groups -OCH3 is 3. The lowest BCUT2D eigenvalue weighted by atomic mass is 9.79. The maximum absolute atomic E-state index is 14.5. The van der Waals surface area contributed by atoms with Crippen molar-refractivity contribution in [1.82, 2.24) is 10.6 Å². The van der Waals surface area contributed by atoms with E-state index in [-0.39, 0.29) is 28.6 Å². The number of rotatable bonds is 17. The summed E-state index contributed by atoms with van der Waals surface area (Å²) >= 11 is 0. The Balaban J connectivity index is 1.52. The van der Waals surface area contributed by atoms with Crippen LogP contribution < -0.4 is 40.8 Å². The molecular weight excluding hydrogens is 726 g/mol. The van der Waals surface area contributed by atoms with Crippen LogP contribution in [0.5, 0.6) is 17.2 Å². The Morgan fingerprint density at radius 3 is 1.32 bits per heavy atom. The molecule has 5 aromatic carbocycles. The van der Waals surface area contributed by atoms with Gasteiger partial charge in [-0.2, -0.15) is 0 Å². The first-order chi connectivity index (χ1) is 27.2. The maximum Gasteiger partial charge on any atom is 0.156 e. The molecule has 2 N–H and O–H groups in total. The second-order valence-electron chi connectivity index (χ2n) is 16.6. The van der Waals surface area contributed by atoms with Crippen molar-refractivity contribution < 1.29 is 19.0 Å². The minimum Gasteiger partial charge on any atom is -0.497 e. The number of carbonyl (C=O) groups is 1. The molecule has 0 radical (unpaired) electrons. The van der Waals surface area contributed by atoms with Crippen LogP contribution in [0.25, 0.3) is 0 Å². The average Bonchev–Trinajstić information content (AvgIpc) is 3.22. The minimum absolute atomic E-state index is 0.0696. The number of hydrogen-bond acceptors (Lipinski definition) is 7. The van der Waals surface area contributed by atoms with Crippen molar-refractivity contribution in [3.63, 3.8) is 0 Å². The molecule has 0 aliphatic rings. The molecule has 0 saturated heterocycles. The summed E-state index contributed by atoms with van der Waals surface area (Å²) in [5.74, 6) is 2.99. The Labute approximate surface area is 340 Å². The van der Waals surface area contributed by atoms with Crippen LogP contribution in [0.3, 0.4) is 0 Å². The van der Waals surface area contributed by atoms with Crippen LogP contribution in [0.2, 0.25) is 0 Å². The van der Waals surface area contributed by atoms with Crippen LogP contribution in [-0.2, 0) is 4.79 Å². The molecule has 7 nitrogen and oxygen atoms in total. The van der Waals surface area contributed by atoms with Gasteiger partial charge in [-0.15, -0.1) is 0 Å². The molecule has 5 rings (SSSR count). The molecule has 0 aliphatic carbocycles. The predicted octanol–water partition coefficient (Wildman–Crippen LogP) is 9.46. The topological polar surface area (TPSA) is 81.2 Å². The average molecular weight is 786 g/mol. The number of ketones is 1. The Morgan fingerprint density at radius 2 is 0.982 bits per heavy atom. The summed E-state index contributed by atoms with van der Waals surface area (Å²) in [6.07, 6.45) is 0.354. The first kappa shape index (κ1) is 42.9. The molecule has 0 aromatic heterocycles. The van der Waals surface area contributed by atoms with E-state index in [0.717, 1.165) is 44.3 Å². The molecule has 0 aliphatic heterocycles. The Morgan fingerprint density at radius 1 is 0.596 bits per heavy atom. The molecule has 0 unspecified atom stereocenters. The lowest BCUT2D eigenvalue weighted by molar-refractivity contribution is -0.123. The van der Waals surface area contributed by atoms with Crippen molar-refractivity contribution in [2.45, 2.75) is 66.0 Å². The Hall–Kier alpha value is -5.26. The maximum atomic E-state index is 14.5. The Bertz CT molecular complexity index is 1940. The standard InChI is InChI=1S/C49H60N3O4P/c1-35(52-47(49(5,6)7)45(53)33-44(36-17-13-11-14-18-36)37-19-15-12-16-20-37)51-46(48(2,3)4)34-50-57(41-27-21-38(54-8)22-28-41,42-29-23-39(55-9)24-30-42)43-31-25-40(56-10)26-32-43/h11-32,44,46-47,51-52H,1,33-34H2,2-10H3/t46-,47+/m0/s1.